The van der Waals surface area contributed by atoms with Crippen LogP contribution in [0.4, 0.5) is 0 Å². The average molecular weight is 693 g/mol. The van der Waals surface area contributed by atoms with E-state index in [0.29, 0.717) is 44.5 Å². The highest BCUT2D eigenvalue weighted by atomic mass is 35.5. The minimum Gasteiger partial charge on any atom is -0.486 e. The molecule has 1 fully saturated rings. The Labute approximate surface area is 298 Å². The zero-order chi connectivity index (χ0) is 34.1. The maximum Gasteiger partial charge on any atom is 0.161 e. The van der Waals surface area contributed by atoms with Crippen molar-refractivity contribution in [3.8, 4) is 11.5 Å². The molecule has 50 heavy (non-hydrogen) atoms. The van der Waals surface area contributed by atoms with E-state index in [0.717, 1.165) is 44.9 Å². The Morgan fingerprint density at radius 2 is 1.14 bits per heavy atom. The molecular formula is C42H41ClO7. The number of aliphatic hydroxyl groups excluding tert-OH is 1. The van der Waals surface area contributed by atoms with Crippen molar-refractivity contribution >= 4 is 11.6 Å². The Morgan fingerprint density at radius 3 is 1.74 bits per heavy atom. The summed E-state index contributed by atoms with van der Waals surface area (Å²) in [6.45, 7) is 1.80. The second-order valence-electron chi connectivity index (χ2n) is 12.6. The summed E-state index contributed by atoms with van der Waals surface area (Å²) in [6, 6.07) is 41.9. The van der Waals surface area contributed by atoms with Gasteiger partial charge in [0.05, 0.1) is 26.4 Å². The van der Waals surface area contributed by atoms with Crippen LogP contribution in [0.15, 0.2) is 127 Å². The lowest BCUT2D eigenvalue weighted by Crippen LogP contribution is -2.58. The molecule has 5 aromatic rings. The molecule has 0 spiro atoms. The van der Waals surface area contributed by atoms with E-state index in [9.17, 15) is 5.11 Å². The first-order valence-corrected chi connectivity index (χ1v) is 17.4. The standard InChI is InChI=1S/C42H41ClO7/c43-35-18-17-33(24-34(35)22-32-16-19-36-37(23-32)46-21-20-45-36)39-41(48-27-30-12-6-2-7-13-30)42(49-28-31-14-8-3-9-15-31)40(38(25-44)50-39)47-26-29-10-4-1-5-11-29/h1-19,23-24,38-42,44H,20-22,25-28H2/t38-,39?,40-,41+,42+/m1/s1. The van der Waals surface area contributed by atoms with Gasteiger partial charge in [0.15, 0.2) is 11.5 Å². The van der Waals surface area contributed by atoms with Gasteiger partial charge in [-0.3, -0.25) is 0 Å². The van der Waals surface area contributed by atoms with Gasteiger partial charge >= 0.3 is 0 Å². The number of rotatable bonds is 13. The van der Waals surface area contributed by atoms with Gasteiger partial charge in [-0.1, -0.05) is 121 Å². The van der Waals surface area contributed by atoms with Crippen molar-refractivity contribution in [2.24, 2.45) is 0 Å². The highest BCUT2D eigenvalue weighted by Gasteiger charge is 2.48. The van der Waals surface area contributed by atoms with Crippen LogP contribution in [-0.4, -0.2) is 49.3 Å². The van der Waals surface area contributed by atoms with Crippen LogP contribution in [0.2, 0.25) is 5.02 Å². The van der Waals surface area contributed by atoms with Gasteiger partial charge in [-0.05, 0) is 58.0 Å². The first-order valence-electron chi connectivity index (χ1n) is 17.0. The number of fused-ring (bicyclic) bond motifs is 1. The summed E-state index contributed by atoms with van der Waals surface area (Å²) in [4.78, 5) is 0. The number of aliphatic hydroxyl groups is 1. The molecular weight excluding hydrogens is 652 g/mol. The number of benzene rings is 5. The molecule has 2 aliphatic heterocycles. The van der Waals surface area contributed by atoms with Crippen LogP contribution in [0.1, 0.15) is 39.5 Å². The van der Waals surface area contributed by atoms with E-state index in [-0.39, 0.29) is 6.61 Å². The SMILES string of the molecule is OC[C@H]1OC(c2ccc(Cl)c(Cc3ccc4c(c3)OCCO4)c2)[C@H](OCc2ccccc2)[C@@H](OCc2ccccc2)[C@@H]1OCc1ccccc1. The minimum atomic E-state index is -0.682. The Hall–Kier alpha value is -4.21. The molecule has 0 radical (unpaired) electrons. The topological polar surface area (TPSA) is 75.6 Å². The third-order valence-electron chi connectivity index (χ3n) is 9.07. The fourth-order valence-corrected chi connectivity index (χ4v) is 6.71. The first kappa shape index (κ1) is 34.2. The molecule has 7 rings (SSSR count). The molecule has 1 N–H and O–H groups in total. The minimum absolute atomic E-state index is 0.260. The van der Waals surface area contributed by atoms with Gasteiger partial charge in [0, 0.05) is 5.02 Å². The molecule has 0 amide bonds. The Kier molecular flexibility index (Phi) is 11.4. The summed E-state index contributed by atoms with van der Waals surface area (Å²) in [7, 11) is 0. The third-order valence-corrected chi connectivity index (χ3v) is 9.44. The van der Waals surface area contributed by atoms with Crippen LogP contribution < -0.4 is 9.47 Å². The lowest BCUT2D eigenvalue weighted by atomic mass is 9.89. The lowest BCUT2D eigenvalue weighted by Gasteiger charge is -2.46. The molecule has 2 aliphatic rings. The highest BCUT2D eigenvalue weighted by Crippen LogP contribution is 2.40. The monoisotopic (exact) mass is 692 g/mol. The normalized spacial score (nSPS) is 21.5. The molecule has 0 aromatic heterocycles. The second-order valence-corrected chi connectivity index (χ2v) is 13.0. The fraction of sp³-hybridized carbons (Fsp3) is 0.286. The van der Waals surface area contributed by atoms with Gasteiger partial charge in [0.2, 0.25) is 0 Å². The Balaban J connectivity index is 1.22. The molecule has 7 nitrogen and oxygen atoms in total. The van der Waals surface area contributed by atoms with Crippen molar-refractivity contribution in [1.82, 2.24) is 0 Å². The quantitative estimate of drug-likeness (QED) is 0.135. The van der Waals surface area contributed by atoms with Crippen LogP contribution in [0.25, 0.3) is 0 Å². The number of hydrogen-bond acceptors (Lipinski definition) is 7. The third kappa shape index (κ3) is 8.38. The van der Waals surface area contributed by atoms with Crippen molar-refractivity contribution in [2.45, 2.75) is 56.8 Å². The van der Waals surface area contributed by atoms with Gasteiger partial charge in [0.25, 0.3) is 0 Å². The molecule has 1 saturated heterocycles. The average Bonchev–Trinajstić information content (AvgIpc) is 3.17. The molecule has 5 atom stereocenters. The zero-order valence-corrected chi connectivity index (χ0v) is 28.5. The van der Waals surface area contributed by atoms with Crippen LogP contribution >= 0.6 is 11.6 Å². The van der Waals surface area contributed by atoms with Crippen LogP contribution in [0.3, 0.4) is 0 Å². The van der Waals surface area contributed by atoms with Crippen LogP contribution in [-0.2, 0) is 45.2 Å². The summed E-state index contributed by atoms with van der Waals surface area (Å²) < 4.78 is 38.4. The summed E-state index contributed by atoms with van der Waals surface area (Å²) >= 11 is 6.82. The largest absolute Gasteiger partial charge is 0.486 e. The van der Waals surface area contributed by atoms with E-state index >= 15 is 0 Å². The Bertz CT molecular complexity index is 1800. The van der Waals surface area contributed by atoms with Crippen molar-refractivity contribution in [2.75, 3.05) is 19.8 Å². The Morgan fingerprint density at radius 1 is 0.580 bits per heavy atom. The fourth-order valence-electron chi connectivity index (χ4n) is 6.53. The van der Waals surface area contributed by atoms with Gasteiger partial charge in [-0.2, -0.15) is 0 Å². The number of ether oxygens (including phenoxy) is 6. The summed E-state index contributed by atoms with van der Waals surface area (Å²) in [5.74, 6) is 1.48. The van der Waals surface area contributed by atoms with E-state index in [2.05, 4.69) is 6.07 Å². The lowest BCUT2D eigenvalue weighted by molar-refractivity contribution is -0.272. The van der Waals surface area contributed by atoms with Crippen molar-refractivity contribution < 1.29 is 33.5 Å². The maximum absolute atomic E-state index is 10.8. The van der Waals surface area contributed by atoms with E-state index in [1.165, 1.54) is 0 Å². The molecule has 0 bridgehead atoms. The van der Waals surface area contributed by atoms with Gasteiger partial charge < -0.3 is 33.5 Å². The van der Waals surface area contributed by atoms with Gasteiger partial charge in [-0.15, -0.1) is 0 Å². The number of hydrogen-bond donors (Lipinski definition) is 1. The van der Waals surface area contributed by atoms with E-state index in [1.54, 1.807) is 0 Å². The summed E-state index contributed by atoms with van der Waals surface area (Å²) in [5, 5.41) is 11.4. The van der Waals surface area contributed by atoms with Gasteiger partial charge in [0.1, 0.15) is 43.7 Å². The van der Waals surface area contributed by atoms with Crippen LogP contribution in [0, 0.1) is 0 Å². The van der Waals surface area contributed by atoms with Gasteiger partial charge in [-0.25, -0.2) is 0 Å². The second kappa shape index (κ2) is 16.7. The smallest absolute Gasteiger partial charge is 0.161 e. The molecule has 258 valence electrons. The van der Waals surface area contributed by atoms with Crippen LogP contribution in [0.5, 0.6) is 11.5 Å². The molecule has 1 unspecified atom stereocenters. The van der Waals surface area contributed by atoms with E-state index in [4.69, 9.17) is 40.0 Å². The predicted molar refractivity (Wildman–Crippen MR) is 191 cm³/mol. The molecule has 8 heteroatoms. The molecule has 2 heterocycles. The predicted octanol–water partition coefficient (Wildman–Crippen LogP) is 7.89. The molecule has 0 aliphatic carbocycles. The van der Waals surface area contributed by atoms with E-state index < -0.39 is 30.5 Å². The van der Waals surface area contributed by atoms with Crippen molar-refractivity contribution in [3.05, 3.63) is 166 Å². The zero-order valence-electron chi connectivity index (χ0n) is 27.7. The van der Waals surface area contributed by atoms with Crippen molar-refractivity contribution in [1.29, 1.82) is 0 Å². The van der Waals surface area contributed by atoms with E-state index in [1.807, 2.05) is 121 Å². The highest BCUT2D eigenvalue weighted by molar-refractivity contribution is 6.31. The summed E-state index contributed by atoms with van der Waals surface area (Å²) in [5.41, 5.74) is 5.89. The molecule has 5 aromatic carbocycles. The number of halogens is 1. The maximum atomic E-state index is 10.8. The summed E-state index contributed by atoms with van der Waals surface area (Å²) in [6.07, 6.45) is -2.50. The molecule has 0 saturated carbocycles. The first-order chi connectivity index (χ1) is 24.6. The van der Waals surface area contributed by atoms with Crippen molar-refractivity contribution in [3.63, 3.8) is 0 Å².